The largest absolute Gasteiger partial charge is 0.481 e. The third-order valence-electron chi connectivity index (χ3n) is 12.9. The minimum Gasteiger partial charge on any atom is -0.481 e. The van der Waals surface area contributed by atoms with Crippen molar-refractivity contribution in [2.24, 2.45) is 5.73 Å². The first-order valence-corrected chi connectivity index (χ1v) is 27.6. The van der Waals surface area contributed by atoms with Crippen LogP contribution in [0.25, 0.3) is 0 Å². The molecule has 0 saturated heterocycles. The fourth-order valence-electron chi connectivity index (χ4n) is 8.70. The Labute approximate surface area is 368 Å². The summed E-state index contributed by atoms with van der Waals surface area (Å²) in [6, 6.07) is 0.466. The molecule has 0 bridgehead atoms. The maximum absolute atomic E-state index is 10.3. The van der Waals surface area contributed by atoms with E-state index in [0.29, 0.717) is 12.5 Å². The predicted molar refractivity (Wildman–Crippen MR) is 263 cm³/mol. The van der Waals surface area contributed by atoms with Gasteiger partial charge in [-0.3, -0.25) is 4.79 Å². The Balaban J connectivity index is 0. The first-order valence-electron chi connectivity index (χ1n) is 27.6. The van der Waals surface area contributed by atoms with Crippen molar-refractivity contribution in [2.75, 3.05) is 0 Å². The topological polar surface area (TPSA) is 63.3 Å². The molecule has 0 aromatic heterocycles. The summed E-state index contributed by atoms with van der Waals surface area (Å²) in [7, 11) is 0. The van der Waals surface area contributed by atoms with Crippen LogP contribution in [0.15, 0.2) is 0 Å². The number of unbranched alkanes of at least 4 members (excludes halogenated alkanes) is 44. The standard InChI is InChI=1S/C37H77N.C18H36O2/c1-3-5-7-9-11-13-15-17-19-21-23-25-27-29-31-33-35-37(38)36-34-32-30-28-26-24-22-20-18-16-14-12-10-8-6-4-2;1-2-3-4-5-6-7-8-9-10-11-12-13-14-15-16-17-18(19)20/h37H,3-36,38H2,1-2H3;2-17H2,1H3,(H,19,20). The molecule has 0 aliphatic rings. The third-order valence-corrected chi connectivity index (χ3v) is 12.9. The van der Waals surface area contributed by atoms with E-state index in [9.17, 15) is 4.79 Å². The summed E-state index contributed by atoms with van der Waals surface area (Å²) in [5.74, 6) is -0.653. The van der Waals surface area contributed by atoms with Crippen molar-refractivity contribution >= 4 is 5.97 Å². The Morgan fingerprint density at radius 3 is 0.621 bits per heavy atom. The highest BCUT2D eigenvalue weighted by Gasteiger charge is 2.03. The number of hydrogen-bond donors (Lipinski definition) is 2. The monoisotopic (exact) mass is 820 g/mol. The van der Waals surface area contributed by atoms with Gasteiger partial charge in [0.1, 0.15) is 0 Å². The molecule has 0 aromatic carbocycles. The second-order valence-electron chi connectivity index (χ2n) is 19.0. The molecule has 0 atom stereocenters. The van der Waals surface area contributed by atoms with Gasteiger partial charge in [0.2, 0.25) is 0 Å². The molecule has 0 amide bonds. The molecule has 0 aliphatic carbocycles. The molecule has 350 valence electrons. The zero-order valence-electron chi connectivity index (χ0n) is 40.9. The number of carboxylic acid groups (broad SMARTS) is 1. The molecule has 0 aromatic rings. The van der Waals surface area contributed by atoms with Gasteiger partial charge >= 0.3 is 5.97 Å². The summed E-state index contributed by atoms with van der Waals surface area (Å²) >= 11 is 0. The van der Waals surface area contributed by atoms with E-state index < -0.39 is 5.97 Å². The van der Waals surface area contributed by atoms with E-state index in [1.807, 2.05) is 0 Å². The average Bonchev–Trinajstić information content (AvgIpc) is 3.22. The molecule has 0 saturated carbocycles. The molecule has 0 fully saturated rings. The first kappa shape index (κ1) is 59.5. The molecule has 0 spiro atoms. The number of hydrogen-bond acceptors (Lipinski definition) is 2. The van der Waals surface area contributed by atoms with Crippen LogP contribution in [0.3, 0.4) is 0 Å². The van der Waals surface area contributed by atoms with Gasteiger partial charge in [-0.1, -0.05) is 316 Å². The Morgan fingerprint density at radius 2 is 0.448 bits per heavy atom. The van der Waals surface area contributed by atoms with Gasteiger partial charge in [0.15, 0.2) is 0 Å². The summed E-state index contributed by atoms with van der Waals surface area (Å²) in [6.07, 6.45) is 69.1. The quantitative estimate of drug-likeness (QED) is 0.0601. The molecular formula is C55H113NO2. The number of rotatable bonds is 50. The molecule has 58 heavy (non-hydrogen) atoms. The lowest BCUT2D eigenvalue weighted by Gasteiger charge is -2.11. The zero-order valence-corrected chi connectivity index (χ0v) is 40.9. The van der Waals surface area contributed by atoms with Crippen molar-refractivity contribution in [3.8, 4) is 0 Å². The van der Waals surface area contributed by atoms with Crippen LogP contribution >= 0.6 is 0 Å². The summed E-state index contributed by atoms with van der Waals surface area (Å²) in [5.41, 5.74) is 6.39. The van der Waals surface area contributed by atoms with Gasteiger partial charge in [-0.25, -0.2) is 0 Å². The minimum absolute atomic E-state index is 0.345. The Bertz CT molecular complexity index is 674. The molecule has 0 rings (SSSR count). The molecule has 3 nitrogen and oxygen atoms in total. The summed E-state index contributed by atoms with van der Waals surface area (Å²) in [5, 5.41) is 8.52. The van der Waals surface area contributed by atoms with Gasteiger partial charge in [-0.2, -0.15) is 0 Å². The summed E-state index contributed by atoms with van der Waals surface area (Å²) in [6.45, 7) is 6.88. The van der Waals surface area contributed by atoms with E-state index in [0.717, 1.165) is 12.8 Å². The van der Waals surface area contributed by atoms with Crippen LogP contribution in [0.5, 0.6) is 0 Å². The lowest BCUT2D eigenvalue weighted by atomic mass is 10.00. The number of carbonyl (C=O) groups is 1. The van der Waals surface area contributed by atoms with Gasteiger partial charge in [0, 0.05) is 12.5 Å². The van der Waals surface area contributed by atoms with Crippen molar-refractivity contribution in [1.82, 2.24) is 0 Å². The highest BCUT2D eigenvalue weighted by Crippen LogP contribution is 2.18. The van der Waals surface area contributed by atoms with Gasteiger partial charge in [0.05, 0.1) is 0 Å². The predicted octanol–water partition coefficient (Wildman–Crippen LogP) is 19.9. The molecule has 3 heteroatoms. The van der Waals surface area contributed by atoms with Gasteiger partial charge in [-0.05, 0) is 19.3 Å². The first-order chi connectivity index (χ1) is 28.6. The maximum Gasteiger partial charge on any atom is 0.303 e. The minimum atomic E-state index is -0.653. The van der Waals surface area contributed by atoms with E-state index in [1.54, 1.807) is 0 Å². The Kier molecular flexibility index (Phi) is 57.9. The van der Waals surface area contributed by atoms with Crippen LogP contribution in [-0.4, -0.2) is 17.1 Å². The fourth-order valence-corrected chi connectivity index (χ4v) is 8.70. The molecule has 0 aliphatic heterocycles. The van der Waals surface area contributed by atoms with Crippen molar-refractivity contribution in [1.29, 1.82) is 0 Å². The number of nitrogens with two attached hydrogens (primary N) is 1. The third kappa shape index (κ3) is 59.7. The molecule has 0 unspecified atom stereocenters. The Morgan fingerprint density at radius 1 is 0.293 bits per heavy atom. The van der Waals surface area contributed by atoms with Crippen LogP contribution in [0.2, 0.25) is 0 Å². The van der Waals surface area contributed by atoms with E-state index in [1.165, 1.54) is 302 Å². The van der Waals surface area contributed by atoms with Crippen LogP contribution in [0.4, 0.5) is 0 Å². The molecule has 0 heterocycles. The highest BCUT2D eigenvalue weighted by atomic mass is 16.4. The van der Waals surface area contributed by atoms with Crippen molar-refractivity contribution in [2.45, 2.75) is 348 Å². The van der Waals surface area contributed by atoms with E-state index in [4.69, 9.17) is 10.8 Å². The second kappa shape index (κ2) is 56.4. The lowest BCUT2D eigenvalue weighted by Crippen LogP contribution is -2.19. The summed E-state index contributed by atoms with van der Waals surface area (Å²) in [4.78, 5) is 10.3. The van der Waals surface area contributed by atoms with Crippen LogP contribution in [0, 0.1) is 0 Å². The average molecular weight is 821 g/mol. The van der Waals surface area contributed by atoms with E-state index >= 15 is 0 Å². The number of carboxylic acids is 1. The van der Waals surface area contributed by atoms with Gasteiger partial charge in [-0.15, -0.1) is 0 Å². The molecule has 0 radical (unpaired) electrons. The van der Waals surface area contributed by atoms with Gasteiger partial charge in [0.25, 0.3) is 0 Å². The van der Waals surface area contributed by atoms with Crippen LogP contribution in [0.1, 0.15) is 342 Å². The van der Waals surface area contributed by atoms with Crippen molar-refractivity contribution in [3.63, 3.8) is 0 Å². The van der Waals surface area contributed by atoms with Crippen molar-refractivity contribution < 1.29 is 9.90 Å². The lowest BCUT2D eigenvalue weighted by molar-refractivity contribution is -0.137. The molecule has 3 N–H and O–H groups in total. The SMILES string of the molecule is CCCCCCCCCCCCCCCCCC(=O)O.CCCCCCCCCCCCCCCCCCC(N)CCCCCCCCCCCCCCCCCC. The zero-order chi connectivity index (χ0) is 42.5. The maximum atomic E-state index is 10.3. The van der Waals surface area contributed by atoms with Crippen LogP contribution in [-0.2, 0) is 4.79 Å². The fraction of sp³-hybridized carbons (Fsp3) is 0.982. The number of aliphatic carboxylic acids is 1. The second-order valence-corrected chi connectivity index (χ2v) is 19.0. The highest BCUT2D eigenvalue weighted by molar-refractivity contribution is 5.66. The molecular weight excluding hydrogens is 707 g/mol. The summed E-state index contributed by atoms with van der Waals surface area (Å²) < 4.78 is 0. The van der Waals surface area contributed by atoms with E-state index in [-0.39, 0.29) is 0 Å². The van der Waals surface area contributed by atoms with Crippen molar-refractivity contribution in [3.05, 3.63) is 0 Å². The van der Waals surface area contributed by atoms with Gasteiger partial charge < -0.3 is 10.8 Å². The smallest absolute Gasteiger partial charge is 0.303 e. The van der Waals surface area contributed by atoms with Crippen LogP contribution < -0.4 is 5.73 Å². The normalized spacial score (nSPS) is 11.4. The Hall–Kier alpha value is -0.570. The van der Waals surface area contributed by atoms with E-state index in [2.05, 4.69) is 20.8 Å².